The summed E-state index contributed by atoms with van der Waals surface area (Å²) in [5.74, 6) is 0.688. The fourth-order valence-electron chi connectivity index (χ4n) is 1.39. The molecule has 92 valence electrons. The van der Waals surface area contributed by atoms with Crippen molar-refractivity contribution in [3.63, 3.8) is 0 Å². The lowest BCUT2D eigenvalue weighted by Crippen LogP contribution is -2.28. The van der Waals surface area contributed by atoms with Crippen molar-refractivity contribution in [2.45, 2.75) is 6.42 Å². The highest BCUT2D eigenvalue weighted by Crippen LogP contribution is 2.15. The van der Waals surface area contributed by atoms with Crippen molar-refractivity contribution in [1.29, 1.82) is 0 Å². The number of rotatable bonds is 5. The number of aromatic nitrogens is 1. The van der Waals surface area contributed by atoms with Gasteiger partial charge in [-0.3, -0.25) is 4.79 Å². The Bertz CT molecular complexity index is 422. The fourth-order valence-corrected chi connectivity index (χ4v) is 1.55. The molecule has 6 heteroatoms. The number of amides is 1. The van der Waals surface area contributed by atoms with Crippen LogP contribution in [-0.2, 0) is 4.79 Å². The zero-order valence-corrected chi connectivity index (χ0v) is 10.8. The molecule has 0 spiro atoms. The van der Waals surface area contributed by atoms with Crippen LogP contribution in [0.4, 0.5) is 5.82 Å². The average Bonchev–Trinajstić information content (AvgIpc) is 2.35. The summed E-state index contributed by atoms with van der Waals surface area (Å²) < 4.78 is 0. The number of anilines is 1. The molecule has 0 bridgehead atoms. The summed E-state index contributed by atoms with van der Waals surface area (Å²) in [5, 5.41) is 2.57. The first-order chi connectivity index (χ1) is 8.06. The van der Waals surface area contributed by atoms with Crippen molar-refractivity contribution in [2.75, 3.05) is 25.5 Å². The highest BCUT2D eigenvalue weighted by molar-refractivity contribution is 7.80. The number of hydrogen-bond donors (Lipinski definition) is 2. The summed E-state index contributed by atoms with van der Waals surface area (Å²) in [7, 11) is 3.47. The number of carbonyl (C=O) groups is 1. The second-order valence-corrected chi connectivity index (χ2v) is 4.02. The molecule has 0 unspecified atom stereocenters. The zero-order valence-electron chi connectivity index (χ0n) is 9.93. The third-order valence-electron chi connectivity index (χ3n) is 2.37. The monoisotopic (exact) mass is 252 g/mol. The Morgan fingerprint density at radius 1 is 1.65 bits per heavy atom. The normalized spacial score (nSPS) is 9.76. The van der Waals surface area contributed by atoms with Crippen LogP contribution in [0.15, 0.2) is 18.3 Å². The Balaban J connectivity index is 2.78. The Labute approximate surface area is 106 Å². The number of nitrogens with one attached hydrogen (secondary N) is 1. The maximum absolute atomic E-state index is 11.2. The van der Waals surface area contributed by atoms with Gasteiger partial charge >= 0.3 is 0 Å². The van der Waals surface area contributed by atoms with Gasteiger partial charge < -0.3 is 16.0 Å². The Morgan fingerprint density at radius 3 is 2.94 bits per heavy atom. The molecule has 0 aliphatic rings. The summed E-state index contributed by atoms with van der Waals surface area (Å²) in [6.45, 7) is 0.562. The lowest BCUT2D eigenvalue weighted by Gasteiger charge is -2.20. The van der Waals surface area contributed by atoms with Gasteiger partial charge in [0.15, 0.2) is 0 Å². The van der Waals surface area contributed by atoms with Crippen LogP contribution in [0, 0.1) is 0 Å². The van der Waals surface area contributed by atoms with Gasteiger partial charge in [-0.1, -0.05) is 12.2 Å². The van der Waals surface area contributed by atoms with Gasteiger partial charge in [0.2, 0.25) is 5.91 Å². The number of carbonyl (C=O) groups excluding carboxylic acids is 1. The number of nitrogens with zero attached hydrogens (tertiary/aromatic N) is 2. The molecule has 0 atom stereocenters. The van der Waals surface area contributed by atoms with Crippen LogP contribution >= 0.6 is 12.2 Å². The van der Waals surface area contributed by atoms with E-state index in [1.807, 2.05) is 18.0 Å². The van der Waals surface area contributed by atoms with Crippen molar-refractivity contribution >= 4 is 28.9 Å². The Kier molecular flexibility index (Phi) is 4.84. The van der Waals surface area contributed by atoms with Crippen LogP contribution < -0.4 is 16.0 Å². The van der Waals surface area contributed by atoms with E-state index in [9.17, 15) is 4.79 Å². The topological polar surface area (TPSA) is 71.2 Å². The third kappa shape index (κ3) is 3.67. The molecule has 0 aliphatic heterocycles. The van der Waals surface area contributed by atoms with E-state index in [-0.39, 0.29) is 5.91 Å². The van der Waals surface area contributed by atoms with Crippen LogP contribution in [0.3, 0.4) is 0 Å². The molecule has 0 radical (unpaired) electrons. The maximum Gasteiger partial charge on any atom is 0.221 e. The average molecular weight is 252 g/mol. The van der Waals surface area contributed by atoms with Gasteiger partial charge in [0, 0.05) is 33.3 Å². The number of pyridine rings is 1. The molecular weight excluding hydrogens is 236 g/mol. The highest BCUT2D eigenvalue weighted by Gasteiger charge is 2.11. The first-order valence-corrected chi connectivity index (χ1v) is 5.63. The van der Waals surface area contributed by atoms with E-state index in [2.05, 4.69) is 10.3 Å². The van der Waals surface area contributed by atoms with Gasteiger partial charge in [-0.2, -0.15) is 0 Å². The van der Waals surface area contributed by atoms with Crippen LogP contribution in [0.25, 0.3) is 0 Å². The van der Waals surface area contributed by atoms with Crippen molar-refractivity contribution in [3.8, 4) is 0 Å². The van der Waals surface area contributed by atoms with E-state index in [4.69, 9.17) is 18.0 Å². The third-order valence-corrected chi connectivity index (χ3v) is 2.59. The summed E-state index contributed by atoms with van der Waals surface area (Å²) in [6.07, 6.45) is 2.08. The van der Waals surface area contributed by atoms with Gasteiger partial charge in [0.05, 0.1) is 5.56 Å². The van der Waals surface area contributed by atoms with E-state index < -0.39 is 0 Å². The second-order valence-electron chi connectivity index (χ2n) is 3.58. The predicted octanol–water partition coefficient (Wildman–Crippen LogP) is 0.288. The van der Waals surface area contributed by atoms with Gasteiger partial charge in [-0.05, 0) is 12.1 Å². The smallest absolute Gasteiger partial charge is 0.221 e. The second kappa shape index (κ2) is 6.15. The van der Waals surface area contributed by atoms with E-state index in [0.29, 0.717) is 23.8 Å². The van der Waals surface area contributed by atoms with E-state index in [0.717, 1.165) is 5.56 Å². The quantitative estimate of drug-likeness (QED) is 0.737. The molecule has 1 aromatic heterocycles. The maximum atomic E-state index is 11.2. The van der Waals surface area contributed by atoms with E-state index in [1.54, 1.807) is 19.3 Å². The van der Waals surface area contributed by atoms with Gasteiger partial charge in [0.25, 0.3) is 0 Å². The summed E-state index contributed by atoms with van der Waals surface area (Å²) >= 11 is 4.96. The minimum Gasteiger partial charge on any atom is -0.389 e. The molecule has 3 N–H and O–H groups in total. The summed E-state index contributed by atoms with van der Waals surface area (Å²) in [5.41, 5.74) is 6.34. The largest absolute Gasteiger partial charge is 0.389 e. The van der Waals surface area contributed by atoms with Gasteiger partial charge in [-0.25, -0.2) is 4.98 Å². The molecule has 1 amide bonds. The molecule has 0 saturated heterocycles. The Hall–Kier alpha value is -1.69. The lowest BCUT2D eigenvalue weighted by atomic mass is 10.2. The molecule has 0 aliphatic carbocycles. The van der Waals surface area contributed by atoms with E-state index in [1.165, 1.54) is 0 Å². The zero-order chi connectivity index (χ0) is 12.8. The first kappa shape index (κ1) is 13.4. The number of nitrogens with two attached hydrogens (primary N) is 1. The molecular formula is C11H16N4OS. The molecule has 1 aromatic rings. The van der Waals surface area contributed by atoms with E-state index >= 15 is 0 Å². The SMILES string of the molecule is CNC(=O)CCN(C)c1ncccc1C(N)=S. The van der Waals surface area contributed by atoms with Crippen molar-refractivity contribution in [3.05, 3.63) is 23.9 Å². The van der Waals surface area contributed by atoms with Crippen LogP contribution in [0.1, 0.15) is 12.0 Å². The molecule has 0 saturated carbocycles. The van der Waals surface area contributed by atoms with Crippen molar-refractivity contribution in [1.82, 2.24) is 10.3 Å². The van der Waals surface area contributed by atoms with Gasteiger partial charge in [0.1, 0.15) is 10.8 Å². The number of thiocarbonyl (C=S) groups is 1. The van der Waals surface area contributed by atoms with Crippen LogP contribution in [0.2, 0.25) is 0 Å². The molecule has 1 rings (SSSR count). The van der Waals surface area contributed by atoms with Crippen molar-refractivity contribution in [2.24, 2.45) is 5.73 Å². The standard InChI is InChI=1S/C11H16N4OS/c1-13-9(16)5-7-15(2)11-8(10(12)17)4-3-6-14-11/h3-4,6H,5,7H2,1-2H3,(H2,12,17)(H,13,16). The molecule has 1 heterocycles. The lowest BCUT2D eigenvalue weighted by molar-refractivity contribution is -0.120. The summed E-state index contributed by atoms with van der Waals surface area (Å²) in [6, 6.07) is 3.60. The molecule has 5 nitrogen and oxygen atoms in total. The predicted molar refractivity (Wildman–Crippen MR) is 72.1 cm³/mol. The summed E-state index contributed by atoms with van der Waals surface area (Å²) in [4.78, 5) is 17.6. The van der Waals surface area contributed by atoms with Crippen molar-refractivity contribution < 1.29 is 4.79 Å². The molecule has 0 aromatic carbocycles. The van der Waals surface area contributed by atoms with Crippen LogP contribution in [-0.4, -0.2) is 36.5 Å². The molecule has 0 fully saturated rings. The van der Waals surface area contributed by atoms with Gasteiger partial charge in [-0.15, -0.1) is 0 Å². The number of hydrogen-bond acceptors (Lipinski definition) is 4. The Morgan fingerprint density at radius 2 is 2.35 bits per heavy atom. The van der Waals surface area contributed by atoms with Crippen LogP contribution in [0.5, 0.6) is 0 Å². The highest BCUT2D eigenvalue weighted by atomic mass is 32.1. The molecule has 17 heavy (non-hydrogen) atoms. The minimum atomic E-state index is -0.00958. The fraction of sp³-hybridized carbons (Fsp3) is 0.364. The first-order valence-electron chi connectivity index (χ1n) is 5.22. The minimum absolute atomic E-state index is 0.00958.